The summed E-state index contributed by atoms with van der Waals surface area (Å²) in [5.41, 5.74) is -0.229. The normalized spacial score (nSPS) is 11.6. The molecule has 3 heterocycles. The summed E-state index contributed by atoms with van der Waals surface area (Å²) in [5, 5.41) is 11.8. The van der Waals surface area contributed by atoms with Gasteiger partial charge in [-0.15, -0.1) is 0 Å². The Kier molecular flexibility index (Phi) is 6.16. The number of imidazole rings is 1. The van der Waals surface area contributed by atoms with Crippen molar-refractivity contribution in [2.45, 2.75) is 59.7 Å². The van der Waals surface area contributed by atoms with E-state index in [0.717, 1.165) is 16.6 Å². The molecule has 0 aliphatic carbocycles. The van der Waals surface area contributed by atoms with Crippen LogP contribution in [0.15, 0.2) is 38.6 Å². The number of aromatic hydroxyl groups is 1. The van der Waals surface area contributed by atoms with Crippen molar-refractivity contribution < 1.29 is 5.11 Å². The second kappa shape index (κ2) is 8.90. The summed E-state index contributed by atoms with van der Waals surface area (Å²) < 4.78 is 5.30. The number of benzene rings is 1. The fourth-order valence-electron chi connectivity index (χ4n) is 4.14. The second-order valence-corrected chi connectivity index (χ2v) is 8.35. The summed E-state index contributed by atoms with van der Waals surface area (Å²) in [6, 6.07) is 7.00. The van der Waals surface area contributed by atoms with E-state index < -0.39 is 11.2 Å². The first-order chi connectivity index (χ1) is 15.8. The quantitative estimate of drug-likeness (QED) is 0.446. The van der Waals surface area contributed by atoms with Crippen LogP contribution in [0.2, 0.25) is 5.02 Å². The van der Waals surface area contributed by atoms with E-state index in [-0.39, 0.29) is 53.5 Å². The van der Waals surface area contributed by atoms with Gasteiger partial charge in [-0.1, -0.05) is 37.1 Å². The molecule has 0 unspecified atom stereocenters. The van der Waals surface area contributed by atoms with Gasteiger partial charge in [-0.3, -0.25) is 23.3 Å². The first kappa shape index (κ1) is 22.8. The molecule has 0 aliphatic heterocycles. The molecule has 4 aromatic rings. The molecule has 0 fully saturated rings. The Hall–Kier alpha value is -3.33. The van der Waals surface area contributed by atoms with Crippen LogP contribution in [-0.2, 0) is 26.1 Å². The molecule has 0 atom stereocenters. The average Bonchev–Trinajstić information content (AvgIpc) is 3.19. The second-order valence-electron chi connectivity index (χ2n) is 7.91. The van der Waals surface area contributed by atoms with Crippen LogP contribution in [0, 0.1) is 0 Å². The van der Waals surface area contributed by atoms with Crippen LogP contribution in [-0.4, -0.2) is 28.2 Å². The van der Waals surface area contributed by atoms with Gasteiger partial charge in [-0.25, -0.2) is 9.20 Å². The SMILES string of the molecule is CCCCn1c(=O)c(Cc2ccc(Cl)cc2)c(O)n2c3c(=O)n(CC)c(=O)n(CC)c3nc12. The lowest BCUT2D eigenvalue weighted by atomic mass is 10.1. The van der Waals surface area contributed by atoms with Gasteiger partial charge in [0.05, 0.1) is 5.56 Å². The van der Waals surface area contributed by atoms with Gasteiger partial charge in [0, 0.05) is 31.1 Å². The van der Waals surface area contributed by atoms with Crippen LogP contribution in [0.5, 0.6) is 5.88 Å². The highest BCUT2D eigenvalue weighted by Crippen LogP contribution is 2.24. The average molecular weight is 472 g/mol. The molecule has 4 rings (SSSR count). The fraction of sp³-hybridized carbons (Fsp3) is 0.391. The van der Waals surface area contributed by atoms with E-state index in [2.05, 4.69) is 4.98 Å². The molecule has 33 heavy (non-hydrogen) atoms. The number of unbranched alkanes of at least 4 members (excludes halogenated alkanes) is 1. The van der Waals surface area contributed by atoms with Crippen molar-refractivity contribution in [3.63, 3.8) is 0 Å². The van der Waals surface area contributed by atoms with Crippen LogP contribution in [0.4, 0.5) is 0 Å². The number of aryl methyl sites for hydroxylation is 2. The largest absolute Gasteiger partial charge is 0.494 e. The van der Waals surface area contributed by atoms with Crippen LogP contribution >= 0.6 is 11.6 Å². The van der Waals surface area contributed by atoms with Crippen molar-refractivity contribution in [2.75, 3.05) is 0 Å². The van der Waals surface area contributed by atoms with Crippen molar-refractivity contribution >= 4 is 28.5 Å². The fourth-order valence-corrected chi connectivity index (χ4v) is 4.26. The molecule has 10 heteroatoms. The molecular formula is C23H26ClN5O4. The van der Waals surface area contributed by atoms with E-state index in [4.69, 9.17) is 11.6 Å². The third kappa shape index (κ3) is 3.66. The van der Waals surface area contributed by atoms with Crippen LogP contribution in [0.1, 0.15) is 44.7 Å². The first-order valence-corrected chi connectivity index (χ1v) is 11.5. The maximum Gasteiger partial charge on any atom is 0.332 e. The summed E-state index contributed by atoms with van der Waals surface area (Å²) in [6.45, 7) is 6.33. The molecule has 1 N–H and O–H groups in total. The van der Waals surface area contributed by atoms with Gasteiger partial charge in [0.15, 0.2) is 11.2 Å². The Morgan fingerprint density at radius 2 is 1.61 bits per heavy atom. The predicted octanol–water partition coefficient (Wildman–Crippen LogP) is 2.76. The molecule has 0 spiro atoms. The number of aromatic nitrogens is 5. The van der Waals surface area contributed by atoms with Crippen molar-refractivity contribution in [3.8, 4) is 5.88 Å². The maximum atomic E-state index is 13.5. The van der Waals surface area contributed by atoms with Crippen molar-refractivity contribution in [3.05, 3.63) is 71.6 Å². The number of fused-ring (bicyclic) bond motifs is 3. The predicted molar refractivity (Wildman–Crippen MR) is 128 cm³/mol. The van der Waals surface area contributed by atoms with Gasteiger partial charge in [-0.2, -0.15) is 4.98 Å². The number of halogens is 1. The van der Waals surface area contributed by atoms with Crippen molar-refractivity contribution in [1.82, 2.24) is 23.1 Å². The molecular weight excluding hydrogens is 446 g/mol. The molecule has 1 aromatic carbocycles. The number of hydrogen-bond donors (Lipinski definition) is 1. The Balaban J connectivity index is 2.15. The summed E-state index contributed by atoms with van der Waals surface area (Å²) in [5.74, 6) is -0.199. The molecule has 0 amide bonds. The van der Waals surface area contributed by atoms with E-state index in [1.165, 1.54) is 13.5 Å². The Morgan fingerprint density at radius 1 is 0.939 bits per heavy atom. The molecule has 0 radical (unpaired) electrons. The van der Waals surface area contributed by atoms with E-state index in [1.807, 2.05) is 6.92 Å². The van der Waals surface area contributed by atoms with E-state index in [0.29, 0.717) is 18.0 Å². The van der Waals surface area contributed by atoms with Crippen molar-refractivity contribution in [2.24, 2.45) is 0 Å². The van der Waals surface area contributed by atoms with Gasteiger partial charge < -0.3 is 5.11 Å². The Morgan fingerprint density at radius 3 is 2.21 bits per heavy atom. The van der Waals surface area contributed by atoms with Crippen LogP contribution in [0.3, 0.4) is 0 Å². The third-order valence-corrected chi connectivity index (χ3v) is 6.15. The first-order valence-electron chi connectivity index (χ1n) is 11.1. The van der Waals surface area contributed by atoms with Gasteiger partial charge in [0.1, 0.15) is 0 Å². The Labute approximate surface area is 194 Å². The molecule has 3 aromatic heterocycles. The molecule has 174 valence electrons. The highest BCUT2D eigenvalue weighted by atomic mass is 35.5. The number of nitrogens with zero attached hydrogens (tertiary/aromatic N) is 5. The van der Waals surface area contributed by atoms with E-state index in [9.17, 15) is 19.5 Å². The molecule has 0 saturated heterocycles. The Bertz CT molecular complexity index is 1530. The van der Waals surface area contributed by atoms with Crippen LogP contribution < -0.4 is 16.8 Å². The van der Waals surface area contributed by atoms with Gasteiger partial charge in [-0.05, 0) is 38.0 Å². The summed E-state index contributed by atoms with van der Waals surface area (Å²) in [7, 11) is 0. The minimum Gasteiger partial charge on any atom is -0.494 e. The highest BCUT2D eigenvalue weighted by Gasteiger charge is 2.25. The maximum absolute atomic E-state index is 13.5. The lowest BCUT2D eigenvalue weighted by molar-refractivity contribution is 0.433. The zero-order valence-electron chi connectivity index (χ0n) is 18.8. The zero-order chi connectivity index (χ0) is 23.9. The summed E-state index contributed by atoms with van der Waals surface area (Å²) in [6.07, 6.45) is 1.71. The standard InChI is InChI=1S/C23H26ClN5O4/c1-4-7-12-28-19(30)16(13-14-8-10-15(24)11-9-14)20(31)29-17-18(25-22(28)29)26(5-2)23(33)27(6-3)21(17)32/h8-11,31H,4-7,12-13H2,1-3H3. The summed E-state index contributed by atoms with van der Waals surface area (Å²) in [4.78, 5) is 44.1. The van der Waals surface area contributed by atoms with Gasteiger partial charge >= 0.3 is 5.69 Å². The van der Waals surface area contributed by atoms with Crippen molar-refractivity contribution in [1.29, 1.82) is 0 Å². The third-order valence-electron chi connectivity index (χ3n) is 5.89. The zero-order valence-corrected chi connectivity index (χ0v) is 19.6. The number of rotatable bonds is 7. The topological polar surface area (TPSA) is 104 Å². The van der Waals surface area contributed by atoms with Gasteiger partial charge in [0.25, 0.3) is 11.1 Å². The minimum atomic E-state index is -0.553. The van der Waals surface area contributed by atoms with E-state index >= 15 is 0 Å². The van der Waals surface area contributed by atoms with Crippen LogP contribution in [0.25, 0.3) is 16.9 Å². The van der Waals surface area contributed by atoms with Gasteiger partial charge in [0.2, 0.25) is 11.7 Å². The smallest absolute Gasteiger partial charge is 0.332 e. The summed E-state index contributed by atoms with van der Waals surface area (Å²) >= 11 is 5.98. The molecule has 0 saturated carbocycles. The highest BCUT2D eigenvalue weighted by molar-refractivity contribution is 6.30. The molecule has 9 nitrogen and oxygen atoms in total. The number of hydrogen-bond acceptors (Lipinski definition) is 5. The molecule has 0 bridgehead atoms. The monoisotopic (exact) mass is 471 g/mol. The van der Waals surface area contributed by atoms with E-state index in [1.54, 1.807) is 38.1 Å². The lowest BCUT2D eigenvalue weighted by Gasteiger charge is -2.13. The lowest BCUT2D eigenvalue weighted by Crippen LogP contribution is -2.39. The molecule has 0 aliphatic rings. The minimum absolute atomic E-state index is 0.0772.